The van der Waals surface area contributed by atoms with Gasteiger partial charge in [0.05, 0.1) is 13.2 Å². The molecule has 0 spiro atoms. The van der Waals surface area contributed by atoms with E-state index in [2.05, 4.69) is 6.07 Å². The summed E-state index contributed by atoms with van der Waals surface area (Å²) in [6, 6.07) is 6.08. The Morgan fingerprint density at radius 3 is 2.84 bits per heavy atom. The Labute approximate surface area is 113 Å². The summed E-state index contributed by atoms with van der Waals surface area (Å²) in [5.41, 5.74) is 7.82. The van der Waals surface area contributed by atoms with Crippen molar-refractivity contribution in [2.45, 2.75) is 13.0 Å². The lowest BCUT2D eigenvalue weighted by Gasteiger charge is -2.24. The van der Waals surface area contributed by atoms with Gasteiger partial charge >= 0.3 is 6.03 Å². The van der Waals surface area contributed by atoms with Crippen LogP contribution in [0.5, 0.6) is 5.75 Å². The quantitative estimate of drug-likeness (QED) is 0.892. The highest BCUT2D eigenvalue weighted by atomic mass is 16.5. The molecular weight excluding hydrogens is 242 g/mol. The van der Waals surface area contributed by atoms with Gasteiger partial charge in [-0.25, -0.2) is 4.79 Å². The van der Waals surface area contributed by atoms with Gasteiger partial charge in [-0.3, -0.25) is 0 Å². The van der Waals surface area contributed by atoms with Gasteiger partial charge in [-0.1, -0.05) is 17.7 Å². The molecule has 104 valence electrons. The summed E-state index contributed by atoms with van der Waals surface area (Å²) in [7, 11) is 3.47. The summed E-state index contributed by atoms with van der Waals surface area (Å²) in [4.78, 5) is 15.7. The largest absolute Gasteiger partial charge is 0.496 e. The SMILES string of the molecule is COc1ccc(C)cc1C1CN(C)C(=O)N1CCN. The van der Waals surface area contributed by atoms with Crippen molar-refractivity contribution in [3.8, 4) is 5.75 Å². The van der Waals surface area contributed by atoms with Crippen LogP contribution in [-0.4, -0.2) is 49.6 Å². The van der Waals surface area contributed by atoms with Crippen molar-refractivity contribution in [3.05, 3.63) is 29.3 Å². The van der Waals surface area contributed by atoms with E-state index in [1.165, 1.54) is 0 Å². The molecule has 5 heteroatoms. The van der Waals surface area contributed by atoms with E-state index in [4.69, 9.17) is 10.5 Å². The number of carbonyl (C=O) groups excluding carboxylic acids is 1. The zero-order valence-electron chi connectivity index (χ0n) is 11.7. The minimum atomic E-state index is 0.0101. The van der Waals surface area contributed by atoms with Gasteiger partial charge in [-0.2, -0.15) is 0 Å². The van der Waals surface area contributed by atoms with E-state index < -0.39 is 0 Å². The molecule has 2 rings (SSSR count). The van der Waals surface area contributed by atoms with Crippen molar-refractivity contribution in [1.82, 2.24) is 9.80 Å². The maximum Gasteiger partial charge on any atom is 0.320 e. The van der Waals surface area contributed by atoms with E-state index >= 15 is 0 Å². The molecule has 5 nitrogen and oxygen atoms in total. The monoisotopic (exact) mass is 263 g/mol. The van der Waals surface area contributed by atoms with Crippen molar-refractivity contribution in [1.29, 1.82) is 0 Å². The summed E-state index contributed by atoms with van der Waals surface area (Å²) in [6.07, 6.45) is 0. The molecule has 2 N–H and O–H groups in total. The average Bonchev–Trinajstić information content (AvgIpc) is 2.67. The van der Waals surface area contributed by atoms with Crippen LogP contribution in [0.2, 0.25) is 0 Å². The van der Waals surface area contributed by atoms with Crippen LogP contribution >= 0.6 is 0 Å². The predicted molar refractivity (Wildman–Crippen MR) is 74.3 cm³/mol. The summed E-state index contributed by atoms with van der Waals surface area (Å²) in [5, 5.41) is 0. The van der Waals surface area contributed by atoms with E-state index in [1.807, 2.05) is 31.0 Å². The number of urea groups is 1. The number of hydrogen-bond acceptors (Lipinski definition) is 3. The zero-order chi connectivity index (χ0) is 14.0. The molecule has 1 atom stereocenters. The molecular formula is C14H21N3O2. The highest BCUT2D eigenvalue weighted by Gasteiger charge is 2.36. The van der Waals surface area contributed by atoms with Crippen LogP contribution in [0, 0.1) is 6.92 Å². The Morgan fingerprint density at radius 2 is 2.21 bits per heavy atom. The van der Waals surface area contributed by atoms with E-state index in [-0.39, 0.29) is 12.1 Å². The van der Waals surface area contributed by atoms with E-state index in [0.717, 1.165) is 16.9 Å². The number of methoxy groups -OCH3 is 1. The van der Waals surface area contributed by atoms with Crippen LogP contribution in [0.3, 0.4) is 0 Å². The summed E-state index contributed by atoms with van der Waals surface area (Å²) in [6.45, 7) is 3.73. The minimum Gasteiger partial charge on any atom is -0.496 e. The normalized spacial score (nSPS) is 19.2. The third kappa shape index (κ3) is 2.51. The third-order valence-corrected chi connectivity index (χ3v) is 3.51. The highest BCUT2D eigenvalue weighted by Crippen LogP contribution is 2.34. The first-order chi connectivity index (χ1) is 9.08. The van der Waals surface area contributed by atoms with Gasteiger partial charge in [-0.15, -0.1) is 0 Å². The fraction of sp³-hybridized carbons (Fsp3) is 0.500. The molecule has 1 aromatic carbocycles. The van der Waals surface area contributed by atoms with E-state index in [1.54, 1.807) is 12.0 Å². The number of nitrogens with two attached hydrogens (primary N) is 1. The number of likely N-dealkylation sites (N-methyl/N-ethyl adjacent to an activating group) is 1. The molecule has 1 unspecified atom stereocenters. The summed E-state index contributed by atoms with van der Waals surface area (Å²) >= 11 is 0. The Bertz CT molecular complexity index is 476. The molecule has 19 heavy (non-hydrogen) atoms. The molecule has 1 aromatic rings. The van der Waals surface area contributed by atoms with E-state index in [0.29, 0.717) is 19.6 Å². The third-order valence-electron chi connectivity index (χ3n) is 3.51. The first-order valence-corrected chi connectivity index (χ1v) is 6.44. The van der Waals surface area contributed by atoms with Crippen molar-refractivity contribution < 1.29 is 9.53 Å². The maximum atomic E-state index is 12.1. The molecule has 1 fully saturated rings. The lowest BCUT2D eigenvalue weighted by Crippen LogP contribution is -2.34. The first kappa shape index (κ1) is 13.7. The summed E-state index contributed by atoms with van der Waals surface area (Å²) in [5.74, 6) is 0.820. The second kappa shape index (κ2) is 5.48. The van der Waals surface area contributed by atoms with Gasteiger partial charge in [0.25, 0.3) is 0 Å². The van der Waals surface area contributed by atoms with Gasteiger partial charge in [0.1, 0.15) is 5.75 Å². The van der Waals surface area contributed by atoms with Crippen LogP contribution in [-0.2, 0) is 0 Å². The molecule has 1 aliphatic rings. The van der Waals surface area contributed by atoms with Gasteiger partial charge in [0.2, 0.25) is 0 Å². The van der Waals surface area contributed by atoms with Crippen molar-refractivity contribution >= 4 is 6.03 Å². The Kier molecular flexibility index (Phi) is 3.95. The lowest BCUT2D eigenvalue weighted by molar-refractivity contribution is 0.192. The fourth-order valence-electron chi connectivity index (χ4n) is 2.56. The number of hydrogen-bond donors (Lipinski definition) is 1. The molecule has 0 bridgehead atoms. The Balaban J connectivity index is 2.39. The number of carbonyl (C=O) groups is 1. The second-order valence-electron chi connectivity index (χ2n) is 4.91. The molecule has 0 aliphatic carbocycles. The van der Waals surface area contributed by atoms with Crippen LogP contribution in [0.4, 0.5) is 4.79 Å². The van der Waals surface area contributed by atoms with Gasteiger partial charge in [0, 0.05) is 32.2 Å². The van der Waals surface area contributed by atoms with Crippen molar-refractivity contribution in [3.63, 3.8) is 0 Å². The Hall–Kier alpha value is -1.75. The highest BCUT2D eigenvalue weighted by molar-refractivity contribution is 5.77. The summed E-state index contributed by atoms with van der Waals surface area (Å²) < 4.78 is 5.42. The minimum absolute atomic E-state index is 0.0101. The maximum absolute atomic E-state index is 12.1. The van der Waals surface area contributed by atoms with Crippen LogP contribution in [0.1, 0.15) is 17.2 Å². The molecule has 1 saturated heterocycles. The van der Waals surface area contributed by atoms with Gasteiger partial charge < -0.3 is 20.3 Å². The van der Waals surface area contributed by atoms with E-state index in [9.17, 15) is 4.79 Å². The number of aryl methyl sites for hydroxylation is 1. The molecule has 1 aliphatic heterocycles. The number of ether oxygens (including phenoxy) is 1. The topological polar surface area (TPSA) is 58.8 Å². The smallest absolute Gasteiger partial charge is 0.320 e. The van der Waals surface area contributed by atoms with Crippen LogP contribution < -0.4 is 10.5 Å². The number of nitrogens with zero attached hydrogens (tertiary/aromatic N) is 2. The number of rotatable bonds is 4. The van der Waals surface area contributed by atoms with Crippen LogP contribution in [0.25, 0.3) is 0 Å². The molecule has 2 amide bonds. The van der Waals surface area contributed by atoms with Crippen LogP contribution in [0.15, 0.2) is 18.2 Å². The number of benzene rings is 1. The fourth-order valence-corrected chi connectivity index (χ4v) is 2.56. The van der Waals surface area contributed by atoms with Crippen molar-refractivity contribution in [2.24, 2.45) is 5.73 Å². The molecule has 0 radical (unpaired) electrons. The molecule has 0 saturated carbocycles. The number of amides is 2. The Morgan fingerprint density at radius 1 is 1.47 bits per heavy atom. The lowest BCUT2D eigenvalue weighted by atomic mass is 10.0. The van der Waals surface area contributed by atoms with Gasteiger partial charge in [0.15, 0.2) is 0 Å². The van der Waals surface area contributed by atoms with Gasteiger partial charge in [-0.05, 0) is 13.0 Å². The second-order valence-corrected chi connectivity index (χ2v) is 4.91. The standard InChI is InChI=1S/C14H21N3O2/c1-10-4-5-13(19-3)11(8-10)12-9-16(2)14(18)17(12)7-6-15/h4-5,8,12H,6-7,9,15H2,1-3H3. The average molecular weight is 263 g/mol. The molecule has 1 heterocycles. The first-order valence-electron chi connectivity index (χ1n) is 6.44. The van der Waals surface area contributed by atoms with Crippen molar-refractivity contribution in [2.75, 3.05) is 33.8 Å². The predicted octanol–water partition coefficient (Wildman–Crippen LogP) is 1.37. The molecule has 0 aromatic heterocycles. The zero-order valence-corrected chi connectivity index (χ0v) is 11.7.